The Kier molecular flexibility index (Phi) is 8.33. The first-order valence-electron chi connectivity index (χ1n) is 7.47. The van der Waals surface area contributed by atoms with Crippen molar-refractivity contribution < 1.29 is 56.8 Å². The minimum atomic E-state index is -4.55. The molecule has 1 saturated heterocycles. The molecule has 152 valence electrons. The van der Waals surface area contributed by atoms with Gasteiger partial charge in [0.05, 0.1) is 6.61 Å². The Morgan fingerprint density at radius 2 is 1.65 bits per heavy atom. The van der Waals surface area contributed by atoms with E-state index in [0.29, 0.717) is 0 Å². The quantitative estimate of drug-likeness (QED) is 0.241. The van der Waals surface area contributed by atoms with E-state index in [1.54, 1.807) is 0 Å². The molecule has 0 aliphatic carbocycles. The molecule has 1 heterocycles. The standard InChI is InChI=1S/C13H22O12S/c1-6(14)22-3-8(24-7(2)15)4-23-13-12(18)11(17)10(16)9(25-13)5-26(19,20)21/h8-13,16-18H,3-5H2,1-2H3,(H,19,20,21)/t8-,9-,10-,11+,12-,13-/m1/s1. The van der Waals surface area contributed by atoms with Crippen LogP contribution in [0, 0.1) is 0 Å². The first-order valence-corrected chi connectivity index (χ1v) is 9.08. The minimum Gasteiger partial charge on any atom is -0.462 e. The van der Waals surface area contributed by atoms with Crippen LogP contribution in [-0.2, 0) is 38.7 Å². The van der Waals surface area contributed by atoms with Crippen molar-refractivity contribution >= 4 is 22.1 Å². The van der Waals surface area contributed by atoms with Gasteiger partial charge in [0.25, 0.3) is 10.1 Å². The molecule has 0 aromatic rings. The van der Waals surface area contributed by atoms with Crippen LogP contribution < -0.4 is 0 Å². The molecule has 0 unspecified atom stereocenters. The van der Waals surface area contributed by atoms with Crippen LogP contribution >= 0.6 is 0 Å². The molecule has 6 atom stereocenters. The van der Waals surface area contributed by atoms with E-state index in [1.165, 1.54) is 0 Å². The summed E-state index contributed by atoms with van der Waals surface area (Å²) in [4.78, 5) is 21.9. The molecule has 1 aliphatic heterocycles. The molecule has 0 aromatic heterocycles. The van der Waals surface area contributed by atoms with Gasteiger partial charge in [0.1, 0.15) is 36.8 Å². The molecule has 0 saturated carbocycles. The molecular weight excluding hydrogens is 380 g/mol. The highest BCUT2D eigenvalue weighted by Gasteiger charge is 2.45. The predicted octanol–water partition coefficient (Wildman–Crippen LogP) is -2.81. The van der Waals surface area contributed by atoms with Gasteiger partial charge in [0, 0.05) is 13.8 Å². The third kappa shape index (κ3) is 7.49. The fraction of sp³-hybridized carbons (Fsp3) is 0.846. The SMILES string of the molecule is CC(=O)OC[C@H](CO[C@@H]1O[C@H](CS(=O)(=O)O)[C@@H](O)[C@H](O)[C@H]1O)OC(C)=O. The Balaban J connectivity index is 2.74. The zero-order valence-electron chi connectivity index (χ0n) is 14.0. The Labute approximate surface area is 149 Å². The summed E-state index contributed by atoms with van der Waals surface area (Å²) in [5, 5.41) is 29.4. The first kappa shape index (κ1) is 22.7. The highest BCUT2D eigenvalue weighted by molar-refractivity contribution is 7.85. The summed E-state index contributed by atoms with van der Waals surface area (Å²) in [6, 6.07) is 0. The van der Waals surface area contributed by atoms with Crippen molar-refractivity contribution in [1.29, 1.82) is 0 Å². The molecular formula is C13H22O12S. The van der Waals surface area contributed by atoms with Gasteiger partial charge in [0.15, 0.2) is 12.4 Å². The first-order chi connectivity index (χ1) is 11.9. The van der Waals surface area contributed by atoms with Crippen molar-refractivity contribution in [2.75, 3.05) is 19.0 Å². The normalized spacial score (nSPS) is 30.5. The fourth-order valence-electron chi connectivity index (χ4n) is 2.16. The van der Waals surface area contributed by atoms with E-state index >= 15 is 0 Å². The number of rotatable bonds is 8. The second-order valence-electron chi connectivity index (χ2n) is 5.63. The molecule has 13 heteroatoms. The van der Waals surface area contributed by atoms with Crippen molar-refractivity contribution in [2.24, 2.45) is 0 Å². The zero-order valence-corrected chi connectivity index (χ0v) is 14.9. The summed E-state index contributed by atoms with van der Waals surface area (Å²) in [7, 11) is -4.55. The van der Waals surface area contributed by atoms with Gasteiger partial charge in [0.2, 0.25) is 0 Å². The third-order valence-corrected chi connectivity index (χ3v) is 4.04. The Morgan fingerprint density at radius 1 is 1.04 bits per heavy atom. The number of ether oxygens (including phenoxy) is 4. The fourth-order valence-corrected chi connectivity index (χ4v) is 2.85. The topological polar surface area (TPSA) is 186 Å². The lowest BCUT2D eigenvalue weighted by Gasteiger charge is -2.40. The number of esters is 2. The molecule has 0 spiro atoms. The van der Waals surface area contributed by atoms with Crippen LogP contribution in [0.5, 0.6) is 0 Å². The Morgan fingerprint density at radius 3 is 2.15 bits per heavy atom. The van der Waals surface area contributed by atoms with Gasteiger partial charge in [-0.25, -0.2) is 0 Å². The van der Waals surface area contributed by atoms with Gasteiger partial charge in [-0.15, -0.1) is 0 Å². The summed E-state index contributed by atoms with van der Waals surface area (Å²) in [5.74, 6) is -2.38. The molecule has 1 aliphatic rings. The van der Waals surface area contributed by atoms with Gasteiger partial charge in [-0.1, -0.05) is 0 Å². The van der Waals surface area contributed by atoms with Gasteiger partial charge in [-0.05, 0) is 0 Å². The lowest BCUT2D eigenvalue weighted by atomic mass is 10.00. The second-order valence-corrected chi connectivity index (χ2v) is 7.13. The van der Waals surface area contributed by atoms with Crippen LogP contribution in [0.2, 0.25) is 0 Å². The molecule has 1 fully saturated rings. The molecule has 0 aromatic carbocycles. The summed E-state index contributed by atoms with van der Waals surface area (Å²) >= 11 is 0. The van der Waals surface area contributed by atoms with Gasteiger partial charge in [-0.3, -0.25) is 14.1 Å². The van der Waals surface area contributed by atoms with E-state index in [0.717, 1.165) is 13.8 Å². The largest absolute Gasteiger partial charge is 0.462 e. The maximum absolute atomic E-state index is 11.1. The number of hydrogen-bond donors (Lipinski definition) is 4. The van der Waals surface area contributed by atoms with Crippen LogP contribution in [0.4, 0.5) is 0 Å². The average molecular weight is 402 g/mol. The van der Waals surface area contributed by atoms with Crippen molar-refractivity contribution in [1.82, 2.24) is 0 Å². The smallest absolute Gasteiger partial charge is 0.303 e. The van der Waals surface area contributed by atoms with E-state index < -0.39 is 71.2 Å². The van der Waals surface area contributed by atoms with E-state index in [4.69, 9.17) is 23.5 Å². The zero-order chi connectivity index (χ0) is 20.1. The summed E-state index contributed by atoms with van der Waals surface area (Å²) < 4.78 is 50.5. The van der Waals surface area contributed by atoms with Crippen LogP contribution in [0.3, 0.4) is 0 Å². The van der Waals surface area contributed by atoms with Gasteiger partial charge in [-0.2, -0.15) is 8.42 Å². The number of carbonyl (C=O) groups is 2. The van der Waals surface area contributed by atoms with Crippen molar-refractivity contribution in [2.45, 2.75) is 50.7 Å². The monoisotopic (exact) mass is 402 g/mol. The molecule has 12 nitrogen and oxygen atoms in total. The summed E-state index contributed by atoms with van der Waals surface area (Å²) in [6.45, 7) is 1.46. The van der Waals surface area contributed by atoms with Gasteiger partial charge < -0.3 is 34.3 Å². The lowest BCUT2D eigenvalue weighted by molar-refractivity contribution is -0.297. The van der Waals surface area contributed by atoms with Crippen molar-refractivity contribution in [3.05, 3.63) is 0 Å². The maximum Gasteiger partial charge on any atom is 0.303 e. The highest BCUT2D eigenvalue weighted by Crippen LogP contribution is 2.23. The number of carbonyl (C=O) groups excluding carboxylic acids is 2. The van der Waals surface area contributed by atoms with Crippen molar-refractivity contribution in [3.8, 4) is 0 Å². The highest BCUT2D eigenvalue weighted by atomic mass is 32.2. The van der Waals surface area contributed by atoms with Crippen molar-refractivity contribution in [3.63, 3.8) is 0 Å². The number of aliphatic hydroxyl groups is 3. The maximum atomic E-state index is 11.1. The summed E-state index contributed by atoms with van der Waals surface area (Å²) in [6.07, 6.45) is -9.60. The van der Waals surface area contributed by atoms with E-state index in [-0.39, 0.29) is 6.61 Å². The number of hydrogen-bond acceptors (Lipinski definition) is 11. The van der Waals surface area contributed by atoms with E-state index in [1.807, 2.05) is 0 Å². The van der Waals surface area contributed by atoms with Gasteiger partial charge >= 0.3 is 11.9 Å². The summed E-state index contributed by atoms with van der Waals surface area (Å²) in [5.41, 5.74) is 0. The predicted molar refractivity (Wildman–Crippen MR) is 81.2 cm³/mol. The molecule has 0 amide bonds. The lowest BCUT2D eigenvalue weighted by Crippen LogP contribution is -2.60. The van der Waals surface area contributed by atoms with Crippen LogP contribution in [0.1, 0.15) is 13.8 Å². The molecule has 4 N–H and O–H groups in total. The Bertz CT molecular complexity index is 590. The molecule has 1 rings (SSSR count). The van der Waals surface area contributed by atoms with E-state index in [2.05, 4.69) is 0 Å². The van der Waals surface area contributed by atoms with Crippen LogP contribution in [0.15, 0.2) is 0 Å². The van der Waals surface area contributed by atoms with E-state index in [9.17, 15) is 33.3 Å². The number of aliphatic hydroxyl groups excluding tert-OH is 3. The minimum absolute atomic E-state index is 0.350. The Hall–Kier alpha value is -1.35. The average Bonchev–Trinajstić information content (AvgIpc) is 2.49. The molecule has 0 bridgehead atoms. The van der Waals surface area contributed by atoms with Crippen LogP contribution in [-0.4, -0.2) is 96.0 Å². The molecule has 26 heavy (non-hydrogen) atoms. The third-order valence-electron chi connectivity index (χ3n) is 3.29. The second kappa shape index (κ2) is 9.55. The molecule has 0 radical (unpaired) electrons. The van der Waals surface area contributed by atoms with Crippen LogP contribution in [0.25, 0.3) is 0 Å².